The number of hydrogen-bond donors (Lipinski definition) is 0. The highest BCUT2D eigenvalue weighted by Gasteiger charge is 2.16. The standard InChI is InChI=1S/C17H20S/c1-13-10-11-18-17(13)16-9-5-8-15(12-16)14-6-3-2-4-7-14/h5,8-12,14H,2-4,6-7H2,1H3. The summed E-state index contributed by atoms with van der Waals surface area (Å²) in [5, 5.41) is 2.19. The Kier molecular flexibility index (Phi) is 3.51. The van der Waals surface area contributed by atoms with Gasteiger partial charge in [0.05, 0.1) is 0 Å². The lowest BCUT2D eigenvalue weighted by atomic mass is 9.83. The first-order valence-electron chi connectivity index (χ1n) is 6.99. The Balaban J connectivity index is 1.91. The van der Waals surface area contributed by atoms with Crippen LogP contribution in [0.3, 0.4) is 0 Å². The number of aryl methyl sites for hydroxylation is 1. The van der Waals surface area contributed by atoms with Crippen molar-refractivity contribution in [3.05, 3.63) is 46.8 Å². The molecule has 0 radical (unpaired) electrons. The Hall–Kier alpha value is -1.08. The molecule has 0 bridgehead atoms. The Bertz CT molecular complexity index is 518. The Morgan fingerprint density at radius 3 is 2.61 bits per heavy atom. The second-order valence-electron chi connectivity index (χ2n) is 5.39. The maximum atomic E-state index is 2.43. The molecule has 0 N–H and O–H groups in total. The van der Waals surface area contributed by atoms with Gasteiger partial charge in [-0.2, -0.15) is 0 Å². The van der Waals surface area contributed by atoms with Crippen LogP contribution < -0.4 is 0 Å². The largest absolute Gasteiger partial charge is 0.144 e. The van der Waals surface area contributed by atoms with Gasteiger partial charge in [0, 0.05) is 4.88 Å². The van der Waals surface area contributed by atoms with E-state index in [1.807, 2.05) is 11.3 Å². The van der Waals surface area contributed by atoms with Crippen LogP contribution in [0.25, 0.3) is 10.4 Å². The lowest BCUT2D eigenvalue weighted by Gasteiger charge is -2.22. The molecule has 0 nitrogen and oxygen atoms in total. The summed E-state index contributed by atoms with van der Waals surface area (Å²) in [5.41, 5.74) is 4.37. The van der Waals surface area contributed by atoms with Crippen molar-refractivity contribution in [3.63, 3.8) is 0 Å². The van der Waals surface area contributed by atoms with Gasteiger partial charge in [0.25, 0.3) is 0 Å². The van der Waals surface area contributed by atoms with Crippen molar-refractivity contribution < 1.29 is 0 Å². The first kappa shape index (κ1) is 12.0. The zero-order valence-electron chi connectivity index (χ0n) is 11.0. The molecular weight excluding hydrogens is 236 g/mol. The number of hydrogen-bond acceptors (Lipinski definition) is 1. The van der Waals surface area contributed by atoms with E-state index < -0.39 is 0 Å². The molecule has 1 aliphatic carbocycles. The highest BCUT2D eigenvalue weighted by atomic mass is 32.1. The summed E-state index contributed by atoms with van der Waals surface area (Å²) >= 11 is 1.86. The minimum Gasteiger partial charge on any atom is -0.144 e. The zero-order chi connectivity index (χ0) is 12.4. The van der Waals surface area contributed by atoms with Crippen molar-refractivity contribution in [1.82, 2.24) is 0 Å². The van der Waals surface area contributed by atoms with Gasteiger partial charge in [0.1, 0.15) is 0 Å². The Morgan fingerprint density at radius 2 is 1.89 bits per heavy atom. The van der Waals surface area contributed by atoms with Gasteiger partial charge >= 0.3 is 0 Å². The molecule has 94 valence electrons. The van der Waals surface area contributed by atoms with Gasteiger partial charge in [-0.3, -0.25) is 0 Å². The molecular formula is C17H20S. The van der Waals surface area contributed by atoms with Crippen LogP contribution in [0.4, 0.5) is 0 Å². The molecule has 1 heteroatoms. The molecule has 0 saturated heterocycles. The van der Waals surface area contributed by atoms with Crippen molar-refractivity contribution in [2.24, 2.45) is 0 Å². The second-order valence-corrected chi connectivity index (χ2v) is 6.31. The van der Waals surface area contributed by atoms with Crippen molar-refractivity contribution in [3.8, 4) is 10.4 Å². The fraction of sp³-hybridized carbons (Fsp3) is 0.412. The highest BCUT2D eigenvalue weighted by molar-refractivity contribution is 7.13. The maximum Gasteiger partial charge on any atom is 0.0371 e. The van der Waals surface area contributed by atoms with Crippen LogP contribution in [-0.2, 0) is 0 Å². The van der Waals surface area contributed by atoms with E-state index in [-0.39, 0.29) is 0 Å². The first-order chi connectivity index (χ1) is 8.84. The molecule has 0 unspecified atom stereocenters. The molecule has 18 heavy (non-hydrogen) atoms. The van der Waals surface area contributed by atoms with Crippen molar-refractivity contribution >= 4 is 11.3 Å². The quantitative estimate of drug-likeness (QED) is 0.639. The predicted octanol–water partition coefficient (Wildman–Crippen LogP) is 5.77. The molecule has 0 aliphatic heterocycles. The van der Waals surface area contributed by atoms with Crippen molar-refractivity contribution in [2.45, 2.75) is 44.9 Å². The SMILES string of the molecule is Cc1ccsc1-c1cccc(C2CCCCC2)c1. The second kappa shape index (κ2) is 5.27. The number of thiophene rings is 1. The normalized spacial score (nSPS) is 16.9. The molecule has 1 fully saturated rings. The number of rotatable bonds is 2. The monoisotopic (exact) mass is 256 g/mol. The maximum absolute atomic E-state index is 2.43. The third kappa shape index (κ3) is 2.37. The topological polar surface area (TPSA) is 0 Å². The first-order valence-corrected chi connectivity index (χ1v) is 7.87. The fourth-order valence-corrected chi connectivity index (χ4v) is 3.96. The lowest BCUT2D eigenvalue weighted by Crippen LogP contribution is -2.04. The van der Waals surface area contributed by atoms with Crippen LogP contribution in [0.2, 0.25) is 0 Å². The summed E-state index contributed by atoms with van der Waals surface area (Å²) in [6, 6.07) is 11.5. The minimum absolute atomic E-state index is 0.805. The summed E-state index contributed by atoms with van der Waals surface area (Å²) in [6.45, 7) is 2.21. The van der Waals surface area contributed by atoms with E-state index in [0.717, 1.165) is 5.92 Å². The Labute approximate surface area is 114 Å². The molecule has 1 aromatic heterocycles. The van der Waals surface area contributed by atoms with E-state index in [1.54, 1.807) is 5.56 Å². The molecule has 0 amide bonds. The summed E-state index contributed by atoms with van der Waals surface area (Å²) in [5.74, 6) is 0.805. The van der Waals surface area contributed by atoms with Crippen LogP contribution in [0.15, 0.2) is 35.7 Å². The van der Waals surface area contributed by atoms with Crippen molar-refractivity contribution in [1.29, 1.82) is 0 Å². The van der Waals surface area contributed by atoms with Crippen LogP contribution in [0.5, 0.6) is 0 Å². The van der Waals surface area contributed by atoms with E-state index in [2.05, 4.69) is 42.6 Å². The van der Waals surface area contributed by atoms with Crippen LogP contribution in [0.1, 0.15) is 49.1 Å². The molecule has 1 aliphatic rings. The van der Waals surface area contributed by atoms with Gasteiger partial charge in [0.15, 0.2) is 0 Å². The van der Waals surface area contributed by atoms with Crippen molar-refractivity contribution in [2.75, 3.05) is 0 Å². The summed E-state index contributed by atoms with van der Waals surface area (Å²) in [4.78, 5) is 1.44. The molecule has 2 aromatic rings. The molecule has 1 saturated carbocycles. The van der Waals surface area contributed by atoms with Crippen LogP contribution in [0, 0.1) is 6.92 Å². The smallest absolute Gasteiger partial charge is 0.0371 e. The van der Waals surface area contributed by atoms with Gasteiger partial charge in [0.2, 0.25) is 0 Å². The molecule has 3 rings (SSSR count). The summed E-state index contributed by atoms with van der Waals surface area (Å²) < 4.78 is 0. The summed E-state index contributed by atoms with van der Waals surface area (Å²) in [7, 11) is 0. The number of benzene rings is 1. The zero-order valence-corrected chi connectivity index (χ0v) is 11.8. The van der Waals surface area contributed by atoms with Gasteiger partial charge in [-0.15, -0.1) is 11.3 Å². The third-order valence-corrected chi connectivity index (χ3v) is 5.15. The summed E-state index contributed by atoms with van der Waals surface area (Å²) in [6.07, 6.45) is 7.01. The van der Waals surface area contributed by atoms with E-state index in [4.69, 9.17) is 0 Å². The van der Waals surface area contributed by atoms with Crippen LogP contribution >= 0.6 is 11.3 Å². The Morgan fingerprint density at radius 1 is 1.06 bits per heavy atom. The molecule has 0 spiro atoms. The van der Waals surface area contributed by atoms with Crippen LogP contribution in [-0.4, -0.2) is 0 Å². The molecule has 1 aromatic carbocycles. The van der Waals surface area contributed by atoms with E-state index in [9.17, 15) is 0 Å². The van der Waals surface area contributed by atoms with Gasteiger partial charge < -0.3 is 0 Å². The van der Waals surface area contributed by atoms with Gasteiger partial charge in [-0.1, -0.05) is 43.5 Å². The minimum atomic E-state index is 0.805. The molecule has 1 heterocycles. The van der Waals surface area contributed by atoms with E-state index in [1.165, 1.54) is 48.1 Å². The third-order valence-electron chi connectivity index (χ3n) is 4.09. The van der Waals surface area contributed by atoms with Gasteiger partial charge in [-0.25, -0.2) is 0 Å². The predicted molar refractivity (Wildman–Crippen MR) is 80.3 cm³/mol. The molecule has 0 atom stereocenters. The van der Waals surface area contributed by atoms with E-state index in [0.29, 0.717) is 0 Å². The fourth-order valence-electron chi connectivity index (χ4n) is 3.04. The highest BCUT2D eigenvalue weighted by Crippen LogP contribution is 2.36. The average molecular weight is 256 g/mol. The van der Waals surface area contributed by atoms with E-state index >= 15 is 0 Å². The lowest BCUT2D eigenvalue weighted by molar-refractivity contribution is 0.444. The van der Waals surface area contributed by atoms with Gasteiger partial charge in [-0.05, 0) is 53.8 Å². The average Bonchev–Trinajstić information content (AvgIpc) is 2.86.